The number of piperidine rings is 1. The van der Waals surface area contributed by atoms with Crippen molar-refractivity contribution in [3.8, 4) is 0 Å². The number of benzene rings is 1. The molecule has 2 heterocycles. The Morgan fingerprint density at radius 2 is 2.04 bits per heavy atom. The van der Waals surface area contributed by atoms with Crippen molar-refractivity contribution in [3.05, 3.63) is 35.9 Å². The molecule has 0 bridgehead atoms. The van der Waals surface area contributed by atoms with Gasteiger partial charge in [-0.2, -0.15) is 0 Å². The number of hydrogen-bond donors (Lipinski definition) is 1. The average molecular weight is 357 g/mol. The number of hydrogen-bond acceptors (Lipinski definition) is 4. The number of carbonyl (C=O) groups is 2. The van der Waals surface area contributed by atoms with Crippen LogP contribution in [-0.4, -0.2) is 47.2 Å². The molecule has 1 aromatic rings. The summed E-state index contributed by atoms with van der Waals surface area (Å²) in [5.41, 5.74) is 0.756. The van der Waals surface area contributed by atoms with Crippen molar-refractivity contribution < 1.29 is 14.4 Å². The Hall–Kier alpha value is -2.37. The van der Waals surface area contributed by atoms with Crippen LogP contribution in [0.4, 0.5) is 0 Å². The number of carbonyl (C=O) groups excluding carboxylic acids is 2. The second-order valence-corrected chi connectivity index (χ2v) is 7.66. The van der Waals surface area contributed by atoms with Crippen molar-refractivity contribution in [2.45, 2.75) is 51.7 Å². The fourth-order valence-corrected chi connectivity index (χ4v) is 3.55. The van der Waals surface area contributed by atoms with E-state index < -0.39 is 5.60 Å². The molecule has 0 spiro atoms. The number of nitrogens with zero attached hydrogens (tertiary/aromatic N) is 2. The molecule has 0 aromatic heterocycles. The summed E-state index contributed by atoms with van der Waals surface area (Å²) in [6.45, 7) is 6.77. The maximum absolute atomic E-state index is 13.1. The van der Waals surface area contributed by atoms with Crippen molar-refractivity contribution in [3.63, 3.8) is 0 Å². The lowest BCUT2D eigenvalue weighted by molar-refractivity contribution is -0.155. The Morgan fingerprint density at radius 1 is 1.31 bits per heavy atom. The van der Waals surface area contributed by atoms with E-state index in [1.807, 2.05) is 44.2 Å². The van der Waals surface area contributed by atoms with E-state index in [-0.39, 0.29) is 23.8 Å². The highest BCUT2D eigenvalue weighted by molar-refractivity contribution is 6.05. The Labute approximate surface area is 154 Å². The van der Waals surface area contributed by atoms with E-state index in [2.05, 4.69) is 10.5 Å². The van der Waals surface area contributed by atoms with Gasteiger partial charge in [-0.3, -0.25) is 9.59 Å². The monoisotopic (exact) mass is 357 g/mol. The SMILES string of the molecule is CC(C)NC(=O)[C@@H]1CCCN(C(=O)[C@@]2(C)CC(c3ccccc3)=NO2)C1. The molecule has 1 fully saturated rings. The number of likely N-dealkylation sites (tertiary alicyclic amines) is 1. The second-order valence-electron chi connectivity index (χ2n) is 7.66. The summed E-state index contributed by atoms with van der Waals surface area (Å²) in [4.78, 5) is 32.7. The first-order valence-corrected chi connectivity index (χ1v) is 9.29. The lowest BCUT2D eigenvalue weighted by atomic mass is 9.91. The minimum absolute atomic E-state index is 0.0243. The Morgan fingerprint density at radius 3 is 2.73 bits per heavy atom. The topological polar surface area (TPSA) is 71.0 Å². The van der Waals surface area contributed by atoms with Gasteiger partial charge in [0, 0.05) is 25.6 Å². The van der Waals surface area contributed by atoms with Gasteiger partial charge >= 0.3 is 0 Å². The van der Waals surface area contributed by atoms with Gasteiger partial charge in [-0.1, -0.05) is 35.5 Å². The van der Waals surface area contributed by atoms with Gasteiger partial charge in [0.1, 0.15) is 0 Å². The molecule has 2 aliphatic heterocycles. The summed E-state index contributed by atoms with van der Waals surface area (Å²) in [5.74, 6) is -0.222. The molecule has 26 heavy (non-hydrogen) atoms. The molecule has 2 aliphatic rings. The lowest BCUT2D eigenvalue weighted by Gasteiger charge is -2.36. The van der Waals surface area contributed by atoms with Crippen LogP contribution in [0.3, 0.4) is 0 Å². The summed E-state index contributed by atoms with van der Waals surface area (Å²) < 4.78 is 0. The first-order valence-electron chi connectivity index (χ1n) is 9.29. The summed E-state index contributed by atoms with van der Waals surface area (Å²) in [5, 5.41) is 7.11. The van der Waals surface area contributed by atoms with Gasteiger partial charge in [0.15, 0.2) is 0 Å². The summed E-state index contributed by atoms with van der Waals surface area (Å²) in [6, 6.07) is 9.86. The van der Waals surface area contributed by atoms with E-state index in [0.29, 0.717) is 19.5 Å². The zero-order chi connectivity index (χ0) is 18.7. The first kappa shape index (κ1) is 18.4. The van der Waals surface area contributed by atoms with Crippen LogP contribution >= 0.6 is 0 Å². The van der Waals surface area contributed by atoms with Gasteiger partial charge in [0.2, 0.25) is 11.5 Å². The van der Waals surface area contributed by atoms with Crippen LogP contribution in [0.1, 0.15) is 45.6 Å². The third-order valence-corrected chi connectivity index (χ3v) is 4.93. The third-order valence-electron chi connectivity index (χ3n) is 4.93. The molecule has 140 valence electrons. The molecule has 2 atom stereocenters. The fraction of sp³-hybridized carbons (Fsp3) is 0.550. The first-order chi connectivity index (χ1) is 12.4. The molecule has 3 rings (SSSR count). The van der Waals surface area contributed by atoms with Gasteiger partial charge in [-0.25, -0.2) is 0 Å². The Balaban J connectivity index is 1.64. The fourth-order valence-electron chi connectivity index (χ4n) is 3.55. The van der Waals surface area contributed by atoms with E-state index in [9.17, 15) is 9.59 Å². The molecule has 0 radical (unpaired) electrons. The van der Waals surface area contributed by atoms with Crippen LogP contribution in [0.5, 0.6) is 0 Å². The average Bonchev–Trinajstić information content (AvgIpc) is 3.05. The van der Waals surface area contributed by atoms with E-state index in [1.54, 1.807) is 11.8 Å². The van der Waals surface area contributed by atoms with Crippen LogP contribution in [0.2, 0.25) is 0 Å². The summed E-state index contributed by atoms with van der Waals surface area (Å²) >= 11 is 0. The number of oxime groups is 1. The third kappa shape index (κ3) is 3.89. The Kier molecular flexibility index (Phi) is 5.30. The number of rotatable bonds is 4. The predicted molar refractivity (Wildman–Crippen MR) is 99.7 cm³/mol. The predicted octanol–water partition coefficient (Wildman–Crippen LogP) is 2.33. The largest absolute Gasteiger partial charge is 0.379 e. The number of nitrogens with one attached hydrogen (secondary N) is 1. The highest BCUT2D eigenvalue weighted by atomic mass is 16.7. The van der Waals surface area contributed by atoms with Crippen LogP contribution < -0.4 is 5.32 Å². The van der Waals surface area contributed by atoms with E-state index in [4.69, 9.17) is 4.84 Å². The maximum atomic E-state index is 13.1. The summed E-state index contributed by atoms with van der Waals surface area (Å²) in [6.07, 6.45) is 2.07. The van der Waals surface area contributed by atoms with Crippen molar-refractivity contribution in [1.82, 2.24) is 10.2 Å². The lowest BCUT2D eigenvalue weighted by Crippen LogP contribution is -2.53. The molecule has 6 nitrogen and oxygen atoms in total. The maximum Gasteiger partial charge on any atom is 0.269 e. The van der Waals surface area contributed by atoms with Crippen LogP contribution in [0.15, 0.2) is 35.5 Å². The zero-order valence-electron chi connectivity index (χ0n) is 15.7. The quantitative estimate of drug-likeness (QED) is 0.899. The molecule has 6 heteroatoms. The highest BCUT2D eigenvalue weighted by Crippen LogP contribution is 2.30. The standard InChI is InChI=1S/C20H27N3O3/c1-14(2)21-18(24)16-10-7-11-23(13-16)19(25)20(3)12-17(22-26-20)15-8-5-4-6-9-15/h4-6,8-9,14,16H,7,10-13H2,1-3H3,(H,21,24)/t16-,20-/m1/s1. The van der Waals surface area contributed by atoms with Crippen molar-refractivity contribution in [1.29, 1.82) is 0 Å². The van der Waals surface area contributed by atoms with Crippen LogP contribution in [0.25, 0.3) is 0 Å². The molecule has 0 aliphatic carbocycles. The smallest absolute Gasteiger partial charge is 0.269 e. The van der Waals surface area contributed by atoms with Gasteiger partial charge in [0.05, 0.1) is 11.6 Å². The molecule has 2 amide bonds. The van der Waals surface area contributed by atoms with Crippen molar-refractivity contribution >= 4 is 17.5 Å². The van der Waals surface area contributed by atoms with Gasteiger partial charge < -0.3 is 15.1 Å². The zero-order valence-corrected chi connectivity index (χ0v) is 15.7. The summed E-state index contributed by atoms with van der Waals surface area (Å²) in [7, 11) is 0. The molecular formula is C20H27N3O3. The molecule has 1 N–H and O–H groups in total. The van der Waals surface area contributed by atoms with Crippen LogP contribution in [-0.2, 0) is 14.4 Å². The number of amides is 2. The minimum Gasteiger partial charge on any atom is -0.379 e. The molecule has 0 saturated carbocycles. The normalized spacial score (nSPS) is 25.6. The minimum atomic E-state index is -0.998. The van der Waals surface area contributed by atoms with Crippen molar-refractivity contribution in [2.24, 2.45) is 11.1 Å². The molecule has 1 aromatic carbocycles. The van der Waals surface area contributed by atoms with Crippen molar-refractivity contribution in [2.75, 3.05) is 13.1 Å². The van der Waals surface area contributed by atoms with Gasteiger partial charge in [-0.15, -0.1) is 0 Å². The van der Waals surface area contributed by atoms with E-state index in [1.165, 1.54) is 0 Å². The molecular weight excluding hydrogens is 330 g/mol. The Bertz CT molecular complexity index is 702. The van der Waals surface area contributed by atoms with Gasteiger partial charge in [-0.05, 0) is 39.2 Å². The molecule has 0 unspecified atom stereocenters. The molecule has 1 saturated heterocycles. The van der Waals surface area contributed by atoms with Gasteiger partial charge in [0.25, 0.3) is 5.91 Å². The van der Waals surface area contributed by atoms with Crippen LogP contribution in [0, 0.1) is 5.92 Å². The van der Waals surface area contributed by atoms with E-state index in [0.717, 1.165) is 24.1 Å². The second kappa shape index (κ2) is 7.48. The highest BCUT2D eigenvalue weighted by Gasteiger charge is 2.46. The van der Waals surface area contributed by atoms with E-state index >= 15 is 0 Å².